The Morgan fingerprint density at radius 3 is 2.56 bits per heavy atom. The molecule has 1 aliphatic rings. The van der Waals surface area contributed by atoms with E-state index in [0.717, 1.165) is 0 Å². The molecule has 1 aliphatic carbocycles. The van der Waals surface area contributed by atoms with Crippen molar-refractivity contribution in [3.05, 3.63) is 68.3 Å². The van der Waals surface area contributed by atoms with Crippen LogP contribution in [0.1, 0.15) is 34.7 Å². The number of aryl methyl sites for hydroxylation is 2. The summed E-state index contributed by atoms with van der Waals surface area (Å²) in [5.74, 6) is 0. The molecule has 1 nitrogen and oxygen atoms in total. The molecular formula is C16H16IN. The van der Waals surface area contributed by atoms with Crippen LogP contribution in [0.5, 0.6) is 0 Å². The van der Waals surface area contributed by atoms with Gasteiger partial charge in [-0.1, -0.05) is 30.3 Å². The summed E-state index contributed by atoms with van der Waals surface area (Å²) in [6.45, 7) is 0. The third kappa shape index (κ3) is 2.31. The minimum Gasteiger partial charge on any atom is -0.320 e. The summed E-state index contributed by atoms with van der Waals surface area (Å²) in [7, 11) is 0. The normalized spacial score (nSPS) is 15.4. The van der Waals surface area contributed by atoms with Gasteiger partial charge in [0.2, 0.25) is 0 Å². The third-order valence-corrected chi connectivity index (χ3v) is 4.36. The second kappa shape index (κ2) is 5.02. The maximum absolute atomic E-state index is 6.38. The first-order valence-electron chi connectivity index (χ1n) is 6.37. The monoisotopic (exact) mass is 349 g/mol. The topological polar surface area (TPSA) is 26.0 Å². The van der Waals surface area contributed by atoms with Crippen molar-refractivity contribution in [2.24, 2.45) is 5.73 Å². The summed E-state index contributed by atoms with van der Waals surface area (Å²) in [6, 6.07) is 15.2. The summed E-state index contributed by atoms with van der Waals surface area (Å²) < 4.78 is 1.24. The second-order valence-electron chi connectivity index (χ2n) is 4.91. The molecule has 0 bridgehead atoms. The van der Waals surface area contributed by atoms with Crippen LogP contribution in [0.15, 0.2) is 42.5 Å². The Morgan fingerprint density at radius 1 is 0.944 bits per heavy atom. The van der Waals surface area contributed by atoms with Crippen LogP contribution in [0.25, 0.3) is 0 Å². The molecular weight excluding hydrogens is 333 g/mol. The summed E-state index contributed by atoms with van der Waals surface area (Å²) in [4.78, 5) is 0. The summed E-state index contributed by atoms with van der Waals surface area (Å²) in [5, 5.41) is 0. The standard InChI is InChI=1S/C16H16IN/c17-15-6-2-5-13(10-15)16(18)14-8-7-11-3-1-4-12(11)9-14/h2,5-10,16H,1,3-4,18H2. The minimum atomic E-state index is -0.00869. The van der Waals surface area contributed by atoms with Crippen LogP contribution >= 0.6 is 22.6 Å². The van der Waals surface area contributed by atoms with Gasteiger partial charge in [-0.2, -0.15) is 0 Å². The summed E-state index contributed by atoms with van der Waals surface area (Å²) >= 11 is 2.33. The summed E-state index contributed by atoms with van der Waals surface area (Å²) in [5.41, 5.74) is 11.8. The minimum absolute atomic E-state index is 0.00869. The molecule has 2 N–H and O–H groups in total. The van der Waals surface area contributed by atoms with E-state index < -0.39 is 0 Å². The maximum Gasteiger partial charge on any atom is 0.0552 e. The molecule has 2 aromatic rings. The van der Waals surface area contributed by atoms with Crippen LogP contribution in [-0.4, -0.2) is 0 Å². The Bertz CT molecular complexity index is 577. The molecule has 0 aromatic heterocycles. The largest absolute Gasteiger partial charge is 0.320 e. The predicted molar refractivity (Wildman–Crippen MR) is 83.7 cm³/mol. The maximum atomic E-state index is 6.38. The van der Waals surface area contributed by atoms with Crippen molar-refractivity contribution in [3.8, 4) is 0 Å². The van der Waals surface area contributed by atoms with E-state index in [0.29, 0.717) is 0 Å². The van der Waals surface area contributed by atoms with Crippen LogP contribution in [0.2, 0.25) is 0 Å². The highest BCUT2D eigenvalue weighted by Gasteiger charge is 2.14. The van der Waals surface area contributed by atoms with E-state index in [1.165, 1.54) is 45.1 Å². The number of hydrogen-bond acceptors (Lipinski definition) is 1. The van der Waals surface area contributed by atoms with Crippen LogP contribution in [0.4, 0.5) is 0 Å². The van der Waals surface area contributed by atoms with Gasteiger partial charge in [-0.25, -0.2) is 0 Å². The van der Waals surface area contributed by atoms with Gasteiger partial charge >= 0.3 is 0 Å². The molecule has 3 rings (SSSR count). The molecule has 2 heteroatoms. The fraction of sp³-hybridized carbons (Fsp3) is 0.250. The van der Waals surface area contributed by atoms with Crippen molar-refractivity contribution in [2.45, 2.75) is 25.3 Å². The average molecular weight is 349 g/mol. The Hall–Kier alpha value is -0.870. The predicted octanol–water partition coefficient (Wildman–Crippen LogP) is 3.83. The lowest BCUT2D eigenvalue weighted by atomic mass is 9.96. The summed E-state index contributed by atoms with van der Waals surface area (Å²) in [6.07, 6.45) is 3.73. The zero-order valence-electron chi connectivity index (χ0n) is 10.2. The van der Waals surface area contributed by atoms with Crippen molar-refractivity contribution in [1.29, 1.82) is 0 Å². The number of benzene rings is 2. The Labute approximate surface area is 122 Å². The molecule has 0 aliphatic heterocycles. The highest BCUT2D eigenvalue weighted by atomic mass is 127. The molecule has 0 saturated heterocycles. The second-order valence-corrected chi connectivity index (χ2v) is 6.16. The molecule has 0 saturated carbocycles. The van der Waals surface area contributed by atoms with E-state index in [9.17, 15) is 0 Å². The van der Waals surface area contributed by atoms with Gasteiger partial charge in [0.25, 0.3) is 0 Å². The highest BCUT2D eigenvalue weighted by Crippen LogP contribution is 2.27. The lowest BCUT2D eigenvalue weighted by Crippen LogP contribution is -2.12. The molecule has 1 unspecified atom stereocenters. The van der Waals surface area contributed by atoms with E-state index in [4.69, 9.17) is 5.73 Å². The molecule has 0 radical (unpaired) electrons. The number of fused-ring (bicyclic) bond motifs is 1. The zero-order chi connectivity index (χ0) is 12.5. The Balaban J connectivity index is 1.95. The average Bonchev–Trinajstić information content (AvgIpc) is 2.85. The van der Waals surface area contributed by atoms with Crippen molar-refractivity contribution < 1.29 is 0 Å². The molecule has 92 valence electrons. The first kappa shape index (κ1) is 12.2. The van der Waals surface area contributed by atoms with Gasteiger partial charge in [0.1, 0.15) is 0 Å². The van der Waals surface area contributed by atoms with Crippen LogP contribution in [-0.2, 0) is 12.8 Å². The molecule has 1 atom stereocenters. The molecule has 0 heterocycles. The van der Waals surface area contributed by atoms with E-state index >= 15 is 0 Å². The smallest absolute Gasteiger partial charge is 0.0552 e. The van der Waals surface area contributed by atoms with Crippen LogP contribution in [0.3, 0.4) is 0 Å². The van der Waals surface area contributed by atoms with Gasteiger partial charge in [-0.3, -0.25) is 0 Å². The van der Waals surface area contributed by atoms with Gasteiger partial charge in [0.15, 0.2) is 0 Å². The van der Waals surface area contributed by atoms with Crippen molar-refractivity contribution in [1.82, 2.24) is 0 Å². The highest BCUT2D eigenvalue weighted by molar-refractivity contribution is 14.1. The zero-order valence-corrected chi connectivity index (χ0v) is 12.4. The number of nitrogens with two attached hydrogens (primary N) is 1. The fourth-order valence-electron chi connectivity index (χ4n) is 2.68. The molecule has 0 fully saturated rings. The molecule has 2 aromatic carbocycles. The van der Waals surface area contributed by atoms with Gasteiger partial charge in [0.05, 0.1) is 6.04 Å². The van der Waals surface area contributed by atoms with Gasteiger partial charge in [0, 0.05) is 3.57 Å². The van der Waals surface area contributed by atoms with E-state index in [1.54, 1.807) is 0 Å². The third-order valence-electron chi connectivity index (χ3n) is 3.69. The molecule has 18 heavy (non-hydrogen) atoms. The lowest BCUT2D eigenvalue weighted by molar-refractivity contribution is 0.866. The lowest BCUT2D eigenvalue weighted by Gasteiger charge is -2.14. The fourth-order valence-corrected chi connectivity index (χ4v) is 3.24. The van der Waals surface area contributed by atoms with E-state index in [2.05, 4.69) is 65.1 Å². The van der Waals surface area contributed by atoms with Gasteiger partial charge in [-0.15, -0.1) is 0 Å². The van der Waals surface area contributed by atoms with Gasteiger partial charge < -0.3 is 5.73 Å². The quantitative estimate of drug-likeness (QED) is 0.820. The number of hydrogen-bond donors (Lipinski definition) is 1. The van der Waals surface area contributed by atoms with Crippen molar-refractivity contribution in [3.63, 3.8) is 0 Å². The Morgan fingerprint density at radius 2 is 1.72 bits per heavy atom. The van der Waals surface area contributed by atoms with Gasteiger partial charge in [-0.05, 0) is 76.2 Å². The van der Waals surface area contributed by atoms with E-state index in [1.807, 2.05) is 0 Å². The molecule has 0 amide bonds. The van der Waals surface area contributed by atoms with Crippen LogP contribution in [0, 0.1) is 3.57 Å². The number of rotatable bonds is 2. The van der Waals surface area contributed by atoms with Crippen molar-refractivity contribution >= 4 is 22.6 Å². The molecule has 0 spiro atoms. The number of halogens is 1. The van der Waals surface area contributed by atoms with Crippen LogP contribution < -0.4 is 5.73 Å². The van der Waals surface area contributed by atoms with E-state index in [-0.39, 0.29) is 6.04 Å². The Kier molecular flexibility index (Phi) is 3.39. The first-order valence-corrected chi connectivity index (χ1v) is 7.44. The SMILES string of the molecule is NC(c1cccc(I)c1)c1ccc2c(c1)CCC2. The van der Waals surface area contributed by atoms with Crippen molar-refractivity contribution in [2.75, 3.05) is 0 Å². The first-order chi connectivity index (χ1) is 8.74.